The van der Waals surface area contributed by atoms with Gasteiger partial charge in [-0.05, 0) is 43.4 Å². The molecule has 1 aromatic rings. The number of ether oxygens (including phenoxy) is 1. The van der Waals surface area contributed by atoms with Crippen molar-refractivity contribution in [2.24, 2.45) is 5.10 Å². The molecule has 2 amide bonds. The number of nitrogens with zero attached hydrogens (tertiary/aromatic N) is 1. The number of carbonyl (C=O) groups is 2. The highest BCUT2D eigenvalue weighted by Crippen LogP contribution is 2.24. The number of hydrogen-bond acceptors (Lipinski definition) is 4. The van der Waals surface area contributed by atoms with Gasteiger partial charge in [0, 0.05) is 19.4 Å². The van der Waals surface area contributed by atoms with Crippen molar-refractivity contribution >= 4 is 17.5 Å². The number of rotatable bonds is 5. The number of benzene rings is 1. The van der Waals surface area contributed by atoms with Crippen molar-refractivity contribution in [3.05, 3.63) is 29.8 Å². The van der Waals surface area contributed by atoms with Gasteiger partial charge in [0.05, 0.1) is 6.10 Å². The van der Waals surface area contributed by atoms with Crippen molar-refractivity contribution in [3.63, 3.8) is 0 Å². The molecule has 2 aliphatic rings. The second-order valence-electron chi connectivity index (χ2n) is 5.94. The molecule has 0 spiro atoms. The van der Waals surface area contributed by atoms with Crippen LogP contribution in [0.15, 0.2) is 29.4 Å². The molecule has 0 bridgehead atoms. The number of hydrazone groups is 1. The Labute approximate surface area is 135 Å². The van der Waals surface area contributed by atoms with Crippen LogP contribution in [0.2, 0.25) is 0 Å². The van der Waals surface area contributed by atoms with E-state index in [4.69, 9.17) is 4.74 Å². The first kappa shape index (κ1) is 15.5. The molecule has 2 N–H and O–H groups in total. The van der Waals surface area contributed by atoms with Crippen LogP contribution in [0.25, 0.3) is 0 Å². The molecule has 1 aliphatic carbocycles. The molecular weight excluding hydrogens is 294 g/mol. The lowest BCUT2D eigenvalue weighted by atomic mass is 10.1. The molecule has 3 rings (SSSR count). The second kappa shape index (κ2) is 7.26. The van der Waals surface area contributed by atoms with Gasteiger partial charge in [-0.1, -0.05) is 12.1 Å². The summed E-state index contributed by atoms with van der Waals surface area (Å²) in [7, 11) is 0. The molecular formula is C17H21N3O3. The molecule has 1 fully saturated rings. The van der Waals surface area contributed by atoms with E-state index in [0.29, 0.717) is 31.2 Å². The van der Waals surface area contributed by atoms with Gasteiger partial charge < -0.3 is 10.1 Å². The van der Waals surface area contributed by atoms with Gasteiger partial charge in [0.15, 0.2) is 0 Å². The van der Waals surface area contributed by atoms with Crippen molar-refractivity contribution in [1.29, 1.82) is 0 Å². The van der Waals surface area contributed by atoms with Gasteiger partial charge in [0.1, 0.15) is 11.5 Å². The molecule has 23 heavy (non-hydrogen) atoms. The second-order valence-corrected chi connectivity index (χ2v) is 5.94. The summed E-state index contributed by atoms with van der Waals surface area (Å²) in [6.07, 6.45) is 5.80. The predicted octanol–water partition coefficient (Wildman–Crippen LogP) is 1.89. The van der Waals surface area contributed by atoms with E-state index in [1.165, 1.54) is 12.8 Å². The zero-order chi connectivity index (χ0) is 16.1. The summed E-state index contributed by atoms with van der Waals surface area (Å²) in [5.41, 5.74) is 3.69. The molecule has 6 nitrogen and oxygen atoms in total. The minimum Gasteiger partial charge on any atom is -0.490 e. The highest BCUT2D eigenvalue weighted by Gasteiger charge is 2.18. The zero-order valence-electron chi connectivity index (χ0n) is 13.0. The van der Waals surface area contributed by atoms with Crippen LogP contribution in [0, 0.1) is 0 Å². The summed E-state index contributed by atoms with van der Waals surface area (Å²) in [5.74, 6) is 0.488. The summed E-state index contributed by atoms with van der Waals surface area (Å²) < 4.78 is 5.91. The molecule has 0 radical (unpaired) electrons. The summed E-state index contributed by atoms with van der Waals surface area (Å²) in [6, 6.07) is 7.79. The van der Waals surface area contributed by atoms with Crippen molar-refractivity contribution in [2.75, 3.05) is 0 Å². The zero-order valence-corrected chi connectivity index (χ0v) is 13.0. The number of hydrogen-bond donors (Lipinski definition) is 2. The first-order valence-electron chi connectivity index (χ1n) is 8.10. The van der Waals surface area contributed by atoms with Gasteiger partial charge in [0.2, 0.25) is 5.91 Å². The van der Waals surface area contributed by atoms with Gasteiger partial charge in [-0.25, -0.2) is 5.43 Å². The first-order chi connectivity index (χ1) is 11.2. The Morgan fingerprint density at radius 2 is 1.96 bits per heavy atom. The number of nitrogens with one attached hydrogen (secondary N) is 2. The summed E-state index contributed by atoms with van der Waals surface area (Å²) in [6.45, 7) is 0.426. The van der Waals surface area contributed by atoms with Gasteiger partial charge >= 0.3 is 0 Å². The highest BCUT2D eigenvalue weighted by atomic mass is 16.5. The molecule has 122 valence electrons. The standard InChI is InChI=1S/C17H21N3O3/c21-16-10-9-15(19-20-16)17(22)18-11-12-5-7-14(8-6-12)23-13-3-1-2-4-13/h5-8,13H,1-4,9-11H2,(H,18,22)(H,20,21). The fraction of sp³-hybridized carbons (Fsp3) is 0.471. The van der Waals surface area contributed by atoms with E-state index in [1.54, 1.807) is 0 Å². The minimum absolute atomic E-state index is 0.153. The Morgan fingerprint density at radius 1 is 1.22 bits per heavy atom. The SMILES string of the molecule is O=C1CCC(C(=O)NCc2ccc(OC3CCCC3)cc2)=NN1. The van der Waals surface area contributed by atoms with Crippen LogP contribution in [0.3, 0.4) is 0 Å². The Balaban J connectivity index is 1.48. The van der Waals surface area contributed by atoms with Crippen LogP contribution < -0.4 is 15.5 Å². The topological polar surface area (TPSA) is 79.8 Å². The van der Waals surface area contributed by atoms with Crippen molar-refractivity contribution < 1.29 is 14.3 Å². The molecule has 0 unspecified atom stereocenters. The molecule has 1 aliphatic heterocycles. The number of carbonyl (C=O) groups excluding carboxylic acids is 2. The molecule has 0 aromatic heterocycles. The maximum atomic E-state index is 12.0. The van der Waals surface area contributed by atoms with Gasteiger partial charge in [-0.2, -0.15) is 5.10 Å². The Morgan fingerprint density at radius 3 is 2.61 bits per heavy atom. The van der Waals surface area contributed by atoms with E-state index in [1.807, 2.05) is 24.3 Å². The van der Waals surface area contributed by atoms with E-state index >= 15 is 0 Å². The normalized spacial score (nSPS) is 18.3. The monoisotopic (exact) mass is 315 g/mol. The highest BCUT2D eigenvalue weighted by molar-refractivity contribution is 6.39. The molecule has 6 heteroatoms. The van der Waals surface area contributed by atoms with Gasteiger partial charge in [-0.3, -0.25) is 9.59 Å². The van der Waals surface area contributed by atoms with E-state index in [9.17, 15) is 9.59 Å². The van der Waals surface area contributed by atoms with Crippen LogP contribution in [0.4, 0.5) is 0 Å². The third kappa shape index (κ3) is 4.31. The van der Waals surface area contributed by atoms with Crippen molar-refractivity contribution in [3.8, 4) is 5.75 Å². The Kier molecular flexibility index (Phi) is 4.90. The summed E-state index contributed by atoms with van der Waals surface area (Å²) in [4.78, 5) is 23.0. The van der Waals surface area contributed by atoms with Gasteiger partial charge in [-0.15, -0.1) is 0 Å². The molecule has 0 saturated heterocycles. The van der Waals surface area contributed by atoms with Crippen molar-refractivity contribution in [1.82, 2.24) is 10.7 Å². The lowest BCUT2D eigenvalue weighted by Gasteiger charge is -2.14. The quantitative estimate of drug-likeness (QED) is 0.871. The number of amides is 2. The maximum Gasteiger partial charge on any atom is 0.267 e. The van der Waals surface area contributed by atoms with Crippen LogP contribution in [-0.2, 0) is 16.1 Å². The third-order valence-electron chi connectivity index (χ3n) is 4.15. The fourth-order valence-electron chi connectivity index (χ4n) is 2.81. The molecule has 1 heterocycles. The first-order valence-corrected chi connectivity index (χ1v) is 8.10. The van der Waals surface area contributed by atoms with Gasteiger partial charge in [0.25, 0.3) is 5.91 Å². The maximum absolute atomic E-state index is 12.0. The van der Waals surface area contributed by atoms with Crippen LogP contribution in [0.1, 0.15) is 44.1 Å². The lowest BCUT2D eigenvalue weighted by molar-refractivity contribution is -0.121. The van der Waals surface area contributed by atoms with Crippen LogP contribution >= 0.6 is 0 Å². The summed E-state index contributed by atoms with van der Waals surface area (Å²) >= 11 is 0. The van der Waals surface area contributed by atoms with E-state index in [0.717, 1.165) is 24.2 Å². The van der Waals surface area contributed by atoms with Crippen LogP contribution in [-0.4, -0.2) is 23.6 Å². The lowest BCUT2D eigenvalue weighted by Crippen LogP contribution is -2.36. The van der Waals surface area contributed by atoms with E-state index in [2.05, 4.69) is 15.8 Å². The minimum atomic E-state index is -0.240. The smallest absolute Gasteiger partial charge is 0.267 e. The van der Waals surface area contributed by atoms with Crippen LogP contribution in [0.5, 0.6) is 5.75 Å². The van der Waals surface area contributed by atoms with Crippen molar-refractivity contribution in [2.45, 2.75) is 51.2 Å². The molecule has 1 aromatic carbocycles. The Hall–Kier alpha value is -2.37. The predicted molar refractivity (Wildman–Crippen MR) is 86.0 cm³/mol. The largest absolute Gasteiger partial charge is 0.490 e. The third-order valence-corrected chi connectivity index (χ3v) is 4.15. The average molecular weight is 315 g/mol. The van der Waals surface area contributed by atoms with E-state index in [-0.39, 0.29) is 11.8 Å². The van der Waals surface area contributed by atoms with E-state index < -0.39 is 0 Å². The summed E-state index contributed by atoms with van der Waals surface area (Å²) in [5, 5.41) is 6.59. The molecule has 1 saturated carbocycles. The average Bonchev–Trinajstić information content (AvgIpc) is 3.07. The molecule has 0 atom stereocenters. The fourth-order valence-corrected chi connectivity index (χ4v) is 2.81. The Bertz CT molecular complexity index is 604.